The average molecular weight is 324 g/mol. The van der Waals surface area contributed by atoms with Crippen LogP contribution in [0.3, 0.4) is 0 Å². The molecule has 3 aromatic rings. The molecule has 0 saturated carbocycles. The largest absolute Gasteiger partial charge is 0.264 e. The zero-order valence-electron chi connectivity index (χ0n) is 9.43. The maximum absolute atomic E-state index is 6.05. The van der Waals surface area contributed by atoms with Crippen molar-refractivity contribution in [3.63, 3.8) is 0 Å². The fraction of sp³-hybridized carbons (Fsp3) is 0.0833. The molecule has 0 radical (unpaired) electrons. The van der Waals surface area contributed by atoms with Crippen LogP contribution in [-0.2, 0) is 0 Å². The molecule has 0 aliphatic carbocycles. The lowest BCUT2D eigenvalue weighted by atomic mass is 10.1. The van der Waals surface area contributed by atoms with Crippen molar-refractivity contribution < 1.29 is 0 Å². The zero-order valence-corrected chi connectivity index (χ0v) is 11.8. The Morgan fingerprint density at radius 3 is 2.89 bits per heavy atom. The van der Waals surface area contributed by atoms with Gasteiger partial charge in [-0.25, -0.2) is 9.50 Å². The third kappa shape index (κ3) is 1.79. The van der Waals surface area contributed by atoms with E-state index in [2.05, 4.69) is 31.0 Å². The molecule has 0 bridgehead atoms. The molecule has 0 spiro atoms. The fourth-order valence-corrected chi connectivity index (χ4v) is 2.39. The van der Waals surface area contributed by atoms with Crippen molar-refractivity contribution >= 4 is 33.2 Å². The first-order chi connectivity index (χ1) is 8.66. The monoisotopic (exact) mass is 322 g/mol. The van der Waals surface area contributed by atoms with Gasteiger partial charge in [0.05, 0.1) is 6.20 Å². The summed E-state index contributed by atoms with van der Waals surface area (Å²) >= 11 is 9.44. The van der Waals surface area contributed by atoms with E-state index in [1.807, 2.05) is 19.2 Å². The Hall–Kier alpha value is -1.46. The van der Waals surface area contributed by atoms with Crippen molar-refractivity contribution in [1.82, 2.24) is 19.6 Å². The maximum Gasteiger partial charge on any atom is 0.162 e. The Morgan fingerprint density at radius 1 is 1.28 bits per heavy atom. The summed E-state index contributed by atoms with van der Waals surface area (Å²) in [6.07, 6.45) is 5.28. The van der Waals surface area contributed by atoms with Gasteiger partial charge in [0.2, 0.25) is 0 Å². The van der Waals surface area contributed by atoms with E-state index in [4.69, 9.17) is 11.6 Å². The Labute approximate surface area is 117 Å². The Morgan fingerprint density at radius 2 is 2.11 bits per heavy atom. The van der Waals surface area contributed by atoms with E-state index in [9.17, 15) is 0 Å². The van der Waals surface area contributed by atoms with Gasteiger partial charge in [-0.15, -0.1) is 0 Å². The first-order valence-corrected chi connectivity index (χ1v) is 6.44. The van der Waals surface area contributed by atoms with E-state index < -0.39 is 0 Å². The van der Waals surface area contributed by atoms with Crippen LogP contribution in [0.15, 0.2) is 35.3 Å². The van der Waals surface area contributed by atoms with Crippen LogP contribution in [0.2, 0.25) is 5.15 Å². The highest BCUT2D eigenvalue weighted by molar-refractivity contribution is 9.10. The van der Waals surface area contributed by atoms with E-state index in [0.29, 0.717) is 5.15 Å². The second kappa shape index (κ2) is 4.33. The SMILES string of the molecule is Cc1ccncc1-c1cc(Cl)nn2c(Br)cnc12. The first-order valence-electron chi connectivity index (χ1n) is 5.27. The lowest BCUT2D eigenvalue weighted by molar-refractivity contribution is 0.917. The van der Waals surface area contributed by atoms with E-state index in [-0.39, 0.29) is 0 Å². The van der Waals surface area contributed by atoms with Gasteiger partial charge in [0.15, 0.2) is 10.8 Å². The van der Waals surface area contributed by atoms with Gasteiger partial charge in [-0.3, -0.25) is 4.98 Å². The number of hydrogen-bond acceptors (Lipinski definition) is 3. The fourth-order valence-electron chi connectivity index (χ4n) is 1.86. The predicted octanol–water partition coefficient (Wildman–Crippen LogP) is 3.52. The molecule has 0 N–H and O–H groups in total. The van der Waals surface area contributed by atoms with Crippen molar-refractivity contribution in [2.75, 3.05) is 0 Å². The van der Waals surface area contributed by atoms with Crippen LogP contribution >= 0.6 is 27.5 Å². The first kappa shape index (κ1) is 11.6. The highest BCUT2D eigenvalue weighted by Gasteiger charge is 2.12. The molecule has 3 heterocycles. The van der Waals surface area contributed by atoms with E-state index in [1.165, 1.54) is 0 Å². The maximum atomic E-state index is 6.05. The standard InChI is InChI=1S/C12H8BrClN4/c1-7-2-3-15-5-9(7)8-4-11(14)17-18-10(13)6-16-12(8)18/h2-6H,1H3. The van der Waals surface area contributed by atoms with Gasteiger partial charge in [0.1, 0.15) is 4.60 Å². The summed E-state index contributed by atoms with van der Waals surface area (Å²) in [5, 5.41) is 4.62. The van der Waals surface area contributed by atoms with Crippen LogP contribution in [-0.4, -0.2) is 19.6 Å². The molecule has 3 aromatic heterocycles. The van der Waals surface area contributed by atoms with Gasteiger partial charge in [-0.2, -0.15) is 5.10 Å². The second-order valence-corrected chi connectivity index (χ2v) is 5.09. The molecule has 0 aliphatic heterocycles. The average Bonchev–Trinajstić information content (AvgIpc) is 2.71. The molecule has 4 nitrogen and oxygen atoms in total. The van der Waals surface area contributed by atoms with Crippen molar-refractivity contribution in [3.05, 3.63) is 46.0 Å². The molecule has 0 aliphatic rings. The molecule has 3 rings (SSSR count). The minimum Gasteiger partial charge on any atom is -0.264 e. The smallest absolute Gasteiger partial charge is 0.162 e. The quantitative estimate of drug-likeness (QED) is 0.688. The molecular formula is C12H8BrClN4. The number of imidazole rings is 1. The number of fused-ring (bicyclic) bond motifs is 1. The summed E-state index contributed by atoms with van der Waals surface area (Å²) in [4.78, 5) is 8.50. The van der Waals surface area contributed by atoms with Crippen molar-refractivity contribution in [1.29, 1.82) is 0 Å². The zero-order chi connectivity index (χ0) is 12.7. The molecule has 6 heteroatoms. The number of hydrogen-bond donors (Lipinski definition) is 0. The summed E-state index contributed by atoms with van der Waals surface area (Å²) in [6.45, 7) is 2.03. The van der Waals surface area contributed by atoms with Crippen LogP contribution in [0.4, 0.5) is 0 Å². The molecule has 0 atom stereocenters. The van der Waals surface area contributed by atoms with E-state index in [1.54, 1.807) is 23.0 Å². The minimum atomic E-state index is 0.416. The van der Waals surface area contributed by atoms with Gasteiger partial charge < -0.3 is 0 Å². The molecular weight excluding hydrogens is 316 g/mol. The number of aromatic nitrogens is 4. The highest BCUT2D eigenvalue weighted by Crippen LogP contribution is 2.29. The number of aryl methyl sites for hydroxylation is 1. The predicted molar refractivity (Wildman–Crippen MR) is 73.7 cm³/mol. The second-order valence-electron chi connectivity index (χ2n) is 3.89. The van der Waals surface area contributed by atoms with Gasteiger partial charge in [-0.05, 0) is 40.5 Å². The number of rotatable bonds is 1. The van der Waals surface area contributed by atoms with Crippen LogP contribution in [0.1, 0.15) is 5.56 Å². The lowest BCUT2D eigenvalue weighted by Crippen LogP contribution is -1.96. The van der Waals surface area contributed by atoms with E-state index >= 15 is 0 Å². The molecule has 18 heavy (non-hydrogen) atoms. The molecule has 0 amide bonds. The normalized spacial score (nSPS) is 11.1. The van der Waals surface area contributed by atoms with Crippen LogP contribution in [0.5, 0.6) is 0 Å². The van der Waals surface area contributed by atoms with Crippen LogP contribution < -0.4 is 0 Å². The van der Waals surface area contributed by atoms with E-state index in [0.717, 1.165) is 26.9 Å². The van der Waals surface area contributed by atoms with Crippen molar-refractivity contribution in [2.45, 2.75) is 6.92 Å². The lowest BCUT2D eigenvalue weighted by Gasteiger charge is -2.07. The van der Waals surface area contributed by atoms with Gasteiger partial charge >= 0.3 is 0 Å². The minimum absolute atomic E-state index is 0.416. The van der Waals surface area contributed by atoms with Crippen LogP contribution in [0.25, 0.3) is 16.8 Å². The summed E-state index contributed by atoms with van der Waals surface area (Å²) in [7, 11) is 0. The molecule has 0 fully saturated rings. The van der Waals surface area contributed by atoms with Crippen LogP contribution in [0, 0.1) is 6.92 Å². The number of nitrogens with zero attached hydrogens (tertiary/aromatic N) is 4. The molecule has 0 unspecified atom stereocenters. The Kier molecular flexibility index (Phi) is 2.80. The summed E-state index contributed by atoms with van der Waals surface area (Å²) in [5.74, 6) is 0. The highest BCUT2D eigenvalue weighted by atomic mass is 79.9. The number of halogens is 2. The summed E-state index contributed by atoms with van der Waals surface area (Å²) in [5.41, 5.74) is 3.80. The van der Waals surface area contributed by atoms with Gasteiger partial charge in [-0.1, -0.05) is 11.6 Å². The number of pyridine rings is 1. The Balaban J connectivity index is 2.39. The third-order valence-electron chi connectivity index (χ3n) is 2.73. The Bertz CT molecular complexity index is 738. The molecule has 0 saturated heterocycles. The van der Waals surface area contributed by atoms with Gasteiger partial charge in [0.25, 0.3) is 0 Å². The summed E-state index contributed by atoms with van der Waals surface area (Å²) < 4.78 is 2.44. The summed E-state index contributed by atoms with van der Waals surface area (Å²) in [6, 6.07) is 3.76. The van der Waals surface area contributed by atoms with Gasteiger partial charge in [0, 0.05) is 23.5 Å². The van der Waals surface area contributed by atoms with Crippen molar-refractivity contribution in [3.8, 4) is 11.1 Å². The molecule has 0 aromatic carbocycles. The third-order valence-corrected chi connectivity index (χ3v) is 3.45. The topological polar surface area (TPSA) is 43.1 Å². The van der Waals surface area contributed by atoms with Crippen molar-refractivity contribution in [2.24, 2.45) is 0 Å². The molecule has 90 valence electrons.